The lowest BCUT2D eigenvalue weighted by atomic mass is 10.2. The highest BCUT2D eigenvalue weighted by Crippen LogP contribution is 2.23. The molecule has 0 spiro atoms. The molecule has 0 unspecified atom stereocenters. The zero-order valence-electron chi connectivity index (χ0n) is 10.2. The maximum Gasteiger partial charge on any atom is 0.276 e. The third-order valence-corrected chi connectivity index (χ3v) is 3.80. The molecule has 0 aromatic carbocycles. The van der Waals surface area contributed by atoms with Crippen molar-refractivity contribution in [3.63, 3.8) is 0 Å². The Morgan fingerprint density at radius 1 is 1.53 bits per heavy atom. The Bertz CT molecular complexity index is 600. The highest BCUT2D eigenvalue weighted by molar-refractivity contribution is 7.10. The molecule has 7 heteroatoms. The number of rotatable bonds is 5. The zero-order chi connectivity index (χ0) is 13.8. The smallest absolute Gasteiger partial charge is 0.276 e. The Morgan fingerprint density at radius 2 is 2.32 bits per heavy atom. The minimum atomic E-state index is -0.485. The minimum absolute atomic E-state index is 0.0654. The first-order valence-corrected chi connectivity index (χ1v) is 6.97. The molecule has 0 aliphatic carbocycles. The SMILES string of the molecule is CCc1ccsc1CNc1cc([N+](=O)[O-])cc(Cl)n1. The van der Waals surface area contributed by atoms with Gasteiger partial charge in [0.15, 0.2) is 0 Å². The van der Waals surface area contributed by atoms with Crippen molar-refractivity contribution in [3.05, 3.63) is 49.3 Å². The average Bonchev–Trinajstić information content (AvgIpc) is 2.83. The van der Waals surface area contributed by atoms with Gasteiger partial charge in [0.25, 0.3) is 5.69 Å². The lowest BCUT2D eigenvalue weighted by Crippen LogP contribution is -2.02. The molecular formula is C12H12ClN3O2S. The number of halogens is 1. The number of anilines is 1. The van der Waals surface area contributed by atoms with Crippen LogP contribution in [-0.4, -0.2) is 9.91 Å². The monoisotopic (exact) mass is 297 g/mol. The number of thiophene rings is 1. The van der Waals surface area contributed by atoms with E-state index in [9.17, 15) is 10.1 Å². The van der Waals surface area contributed by atoms with Crippen LogP contribution in [0.25, 0.3) is 0 Å². The van der Waals surface area contributed by atoms with Gasteiger partial charge in [-0.1, -0.05) is 18.5 Å². The van der Waals surface area contributed by atoms with Gasteiger partial charge in [-0.15, -0.1) is 11.3 Å². The van der Waals surface area contributed by atoms with Gasteiger partial charge in [0.1, 0.15) is 11.0 Å². The van der Waals surface area contributed by atoms with Crippen molar-refractivity contribution < 1.29 is 4.92 Å². The molecular weight excluding hydrogens is 286 g/mol. The summed E-state index contributed by atoms with van der Waals surface area (Å²) in [4.78, 5) is 15.5. The summed E-state index contributed by atoms with van der Waals surface area (Å²) in [5.41, 5.74) is 1.21. The number of nitro groups is 1. The molecule has 0 saturated heterocycles. The van der Waals surface area contributed by atoms with Crippen molar-refractivity contribution in [2.45, 2.75) is 19.9 Å². The average molecular weight is 298 g/mol. The van der Waals surface area contributed by atoms with Crippen LogP contribution >= 0.6 is 22.9 Å². The summed E-state index contributed by atoms with van der Waals surface area (Å²) in [5.74, 6) is 0.412. The third-order valence-electron chi connectivity index (χ3n) is 2.64. The molecule has 0 radical (unpaired) electrons. The number of nitrogens with zero attached hydrogens (tertiary/aromatic N) is 2. The highest BCUT2D eigenvalue weighted by Gasteiger charge is 2.10. The van der Waals surface area contributed by atoms with E-state index < -0.39 is 4.92 Å². The number of hydrogen-bond acceptors (Lipinski definition) is 5. The van der Waals surface area contributed by atoms with Gasteiger partial charge in [0.05, 0.1) is 23.6 Å². The van der Waals surface area contributed by atoms with Crippen LogP contribution in [0.2, 0.25) is 5.15 Å². The maximum absolute atomic E-state index is 10.7. The van der Waals surface area contributed by atoms with E-state index in [1.807, 2.05) is 5.38 Å². The number of pyridine rings is 1. The molecule has 0 saturated carbocycles. The van der Waals surface area contributed by atoms with Crippen LogP contribution in [0.3, 0.4) is 0 Å². The second-order valence-electron chi connectivity index (χ2n) is 3.87. The summed E-state index contributed by atoms with van der Waals surface area (Å²) >= 11 is 7.41. The normalized spacial score (nSPS) is 10.4. The number of hydrogen-bond donors (Lipinski definition) is 1. The van der Waals surface area contributed by atoms with Crippen LogP contribution in [0.5, 0.6) is 0 Å². The van der Waals surface area contributed by atoms with Gasteiger partial charge in [0, 0.05) is 4.88 Å². The third kappa shape index (κ3) is 3.42. The molecule has 0 fully saturated rings. The van der Waals surface area contributed by atoms with Crippen LogP contribution in [-0.2, 0) is 13.0 Å². The number of nitrogens with one attached hydrogen (secondary N) is 1. The first kappa shape index (κ1) is 13.8. The Hall–Kier alpha value is -1.66. The van der Waals surface area contributed by atoms with E-state index in [4.69, 9.17) is 11.6 Å². The Kier molecular flexibility index (Phi) is 4.34. The fourth-order valence-corrected chi connectivity index (χ4v) is 2.81. The zero-order valence-corrected chi connectivity index (χ0v) is 11.8. The van der Waals surface area contributed by atoms with Crippen LogP contribution in [0.15, 0.2) is 23.6 Å². The minimum Gasteiger partial charge on any atom is -0.365 e. The molecule has 19 heavy (non-hydrogen) atoms. The number of aromatic nitrogens is 1. The first-order chi connectivity index (χ1) is 9.10. The van der Waals surface area contributed by atoms with E-state index in [2.05, 4.69) is 23.3 Å². The maximum atomic E-state index is 10.7. The first-order valence-electron chi connectivity index (χ1n) is 5.71. The van der Waals surface area contributed by atoms with E-state index >= 15 is 0 Å². The molecule has 2 aromatic rings. The lowest BCUT2D eigenvalue weighted by molar-refractivity contribution is -0.384. The van der Waals surface area contributed by atoms with Crippen LogP contribution < -0.4 is 5.32 Å². The van der Waals surface area contributed by atoms with Crippen molar-refractivity contribution in [2.24, 2.45) is 0 Å². The van der Waals surface area contributed by atoms with Crippen LogP contribution in [0, 0.1) is 10.1 Å². The van der Waals surface area contributed by atoms with Crippen molar-refractivity contribution in [3.8, 4) is 0 Å². The molecule has 0 amide bonds. The van der Waals surface area contributed by atoms with Crippen LogP contribution in [0.4, 0.5) is 11.5 Å². The molecule has 2 aromatic heterocycles. The predicted octanol–water partition coefficient (Wildman–Crippen LogP) is 3.88. The van der Waals surface area contributed by atoms with Gasteiger partial charge < -0.3 is 5.32 Å². The van der Waals surface area contributed by atoms with E-state index in [1.165, 1.54) is 22.6 Å². The van der Waals surface area contributed by atoms with Crippen molar-refractivity contribution in [1.29, 1.82) is 0 Å². The molecule has 5 nitrogen and oxygen atoms in total. The molecule has 0 atom stereocenters. The lowest BCUT2D eigenvalue weighted by Gasteiger charge is -2.06. The van der Waals surface area contributed by atoms with E-state index in [-0.39, 0.29) is 10.8 Å². The molecule has 2 rings (SSSR count). The standard InChI is InChI=1S/C12H12ClN3O2S/c1-2-8-3-4-19-10(8)7-14-12-6-9(16(17)18)5-11(13)15-12/h3-6H,2,7H2,1H3,(H,14,15). The summed E-state index contributed by atoms with van der Waals surface area (Å²) < 4.78 is 0. The predicted molar refractivity (Wildman–Crippen MR) is 76.9 cm³/mol. The van der Waals surface area contributed by atoms with E-state index in [0.717, 1.165) is 6.42 Å². The summed E-state index contributed by atoms with van der Waals surface area (Å²) in [7, 11) is 0. The Morgan fingerprint density at radius 3 is 3.00 bits per heavy atom. The molecule has 0 bridgehead atoms. The van der Waals surface area contributed by atoms with Crippen molar-refractivity contribution in [2.75, 3.05) is 5.32 Å². The Labute approximate surface area is 119 Å². The van der Waals surface area contributed by atoms with Gasteiger partial charge >= 0.3 is 0 Å². The fraction of sp³-hybridized carbons (Fsp3) is 0.250. The topological polar surface area (TPSA) is 68.1 Å². The van der Waals surface area contributed by atoms with Gasteiger partial charge in [0.2, 0.25) is 0 Å². The quantitative estimate of drug-likeness (QED) is 0.516. The van der Waals surface area contributed by atoms with Crippen molar-refractivity contribution >= 4 is 34.4 Å². The van der Waals surface area contributed by atoms with Crippen LogP contribution in [0.1, 0.15) is 17.4 Å². The second-order valence-corrected chi connectivity index (χ2v) is 5.25. The molecule has 0 aliphatic heterocycles. The van der Waals surface area contributed by atoms with Crippen molar-refractivity contribution in [1.82, 2.24) is 4.98 Å². The second kappa shape index (κ2) is 5.99. The molecule has 1 N–H and O–H groups in total. The summed E-state index contributed by atoms with van der Waals surface area (Å²) in [6, 6.07) is 4.69. The van der Waals surface area contributed by atoms with Gasteiger partial charge in [-0.05, 0) is 23.4 Å². The van der Waals surface area contributed by atoms with Gasteiger partial charge in [-0.25, -0.2) is 4.98 Å². The highest BCUT2D eigenvalue weighted by atomic mass is 35.5. The van der Waals surface area contributed by atoms with Gasteiger partial charge in [-0.3, -0.25) is 10.1 Å². The van der Waals surface area contributed by atoms with E-state index in [0.29, 0.717) is 12.4 Å². The molecule has 0 aliphatic rings. The largest absolute Gasteiger partial charge is 0.365 e. The van der Waals surface area contributed by atoms with E-state index in [1.54, 1.807) is 11.3 Å². The summed E-state index contributed by atoms with van der Waals surface area (Å²) in [5, 5.41) is 15.9. The fourth-order valence-electron chi connectivity index (χ4n) is 1.69. The molecule has 100 valence electrons. The molecule has 2 heterocycles. The Balaban J connectivity index is 2.13. The number of aryl methyl sites for hydroxylation is 1. The van der Waals surface area contributed by atoms with Gasteiger partial charge in [-0.2, -0.15) is 0 Å². The summed E-state index contributed by atoms with van der Waals surface area (Å²) in [6.45, 7) is 2.68. The summed E-state index contributed by atoms with van der Waals surface area (Å²) in [6.07, 6.45) is 0.962.